The Kier molecular flexibility index (Phi) is 4.60. The third-order valence-electron chi connectivity index (χ3n) is 2.80. The van der Waals surface area contributed by atoms with E-state index in [1.165, 1.54) is 6.92 Å². The molecular formula is C14H9F6NS. The molecule has 0 radical (unpaired) electrons. The maximum Gasteiger partial charge on any atom is 0.416 e. The Morgan fingerprint density at radius 3 is 2.32 bits per heavy atom. The van der Waals surface area contributed by atoms with Crippen molar-refractivity contribution in [3.63, 3.8) is 0 Å². The highest BCUT2D eigenvalue weighted by Crippen LogP contribution is 2.33. The molecule has 0 saturated carbocycles. The first-order valence-corrected chi connectivity index (χ1v) is 6.75. The van der Waals surface area contributed by atoms with Gasteiger partial charge in [-0.05, 0) is 49.2 Å². The predicted molar refractivity (Wildman–Crippen MR) is 72.0 cm³/mol. The number of halogens is 6. The first kappa shape index (κ1) is 16.5. The number of hydrogen-bond acceptors (Lipinski definition) is 2. The van der Waals surface area contributed by atoms with E-state index in [9.17, 15) is 26.3 Å². The van der Waals surface area contributed by atoms with E-state index >= 15 is 0 Å². The van der Waals surface area contributed by atoms with Crippen molar-refractivity contribution in [2.75, 3.05) is 4.72 Å². The van der Waals surface area contributed by atoms with Gasteiger partial charge in [0.1, 0.15) is 11.6 Å². The van der Waals surface area contributed by atoms with Gasteiger partial charge in [-0.25, -0.2) is 13.2 Å². The minimum absolute atomic E-state index is 0.0892. The summed E-state index contributed by atoms with van der Waals surface area (Å²) >= 11 is 0.594. The lowest BCUT2D eigenvalue weighted by atomic mass is 10.2. The molecule has 2 aromatic carbocycles. The van der Waals surface area contributed by atoms with Gasteiger partial charge in [-0.3, -0.25) is 0 Å². The molecule has 0 bridgehead atoms. The van der Waals surface area contributed by atoms with Crippen LogP contribution in [0.25, 0.3) is 0 Å². The molecule has 0 fully saturated rings. The highest BCUT2D eigenvalue weighted by molar-refractivity contribution is 8.00. The lowest BCUT2D eigenvalue weighted by molar-refractivity contribution is -0.137. The maximum atomic E-state index is 13.7. The Morgan fingerprint density at radius 2 is 1.68 bits per heavy atom. The third kappa shape index (κ3) is 3.68. The zero-order valence-electron chi connectivity index (χ0n) is 11.1. The molecule has 0 unspecified atom stereocenters. The zero-order valence-corrected chi connectivity index (χ0v) is 11.9. The summed E-state index contributed by atoms with van der Waals surface area (Å²) in [5.74, 6) is -2.66. The van der Waals surface area contributed by atoms with Gasteiger partial charge in [-0.1, -0.05) is 0 Å². The summed E-state index contributed by atoms with van der Waals surface area (Å²) in [4.78, 5) is -0.0892. The smallest absolute Gasteiger partial charge is 0.323 e. The van der Waals surface area contributed by atoms with E-state index in [1.807, 2.05) is 0 Å². The van der Waals surface area contributed by atoms with E-state index in [1.54, 1.807) is 0 Å². The van der Waals surface area contributed by atoms with Crippen molar-refractivity contribution in [3.05, 3.63) is 58.9 Å². The van der Waals surface area contributed by atoms with E-state index in [-0.39, 0.29) is 16.1 Å². The van der Waals surface area contributed by atoms with Crippen LogP contribution in [0.4, 0.5) is 32.0 Å². The van der Waals surface area contributed by atoms with Crippen molar-refractivity contribution in [2.45, 2.75) is 18.0 Å². The summed E-state index contributed by atoms with van der Waals surface area (Å²) in [6, 6.07) is 4.10. The molecule has 0 atom stereocenters. The van der Waals surface area contributed by atoms with Gasteiger partial charge in [-0.15, -0.1) is 0 Å². The van der Waals surface area contributed by atoms with E-state index in [4.69, 9.17) is 0 Å². The number of benzene rings is 2. The minimum Gasteiger partial charge on any atom is -0.323 e. The lowest BCUT2D eigenvalue weighted by Crippen LogP contribution is -2.05. The Balaban J connectivity index is 2.22. The van der Waals surface area contributed by atoms with Crippen molar-refractivity contribution in [1.29, 1.82) is 0 Å². The molecule has 0 amide bonds. The van der Waals surface area contributed by atoms with Gasteiger partial charge in [0.15, 0.2) is 5.82 Å². The second-order valence-corrected chi connectivity index (χ2v) is 5.29. The van der Waals surface area contributed by atoms with E-state index in [0.717, 1.165) is 24.3 Å². The molecule has 2 aromatic rings. The van der Waals surface area contributed by atoms with E-state index < -0.39 is 29.2 Å². The van der Waals surface area contributed by atoms with Crippen LogP contribution in [-0.4, -0.2) is 0 Å². The third-order valence-corrected chi connectivity index (χ3v) is 3.59. The molecule has 1 nitrogen and oxygen atoms in total. The van der Waals surface area contributed by atoms with Gasteiger partial charge < -0.3 is 4.72 Å². The van der Waals surface area contributed by atoms with Gasteiger partial charge in [0.2, 0.25) is 0 Å². The number of nitrogens with one attached hydrogen (secondary N) is 1. The van der Waals surface area contributed by atoms with Crippen molar-refractivity contribution >= 4 is 17.6 Å². The SMILES string of the molecule is Cc1c(F)ccc(NSc2cc(F)cc(C(F)(F)F)c2)c1F. The van der Waals surface area contributed by atoms with Gasteiger partial charge in [0.25, 0.3) is 0 Å². The van der Waals surface area contributed by atoms with Crippen LogP contribution >= 0.6 is 11.9 Å². The quantitative estimate of drug-likeness (QED) is 0.582. The first-order chi connectivity index (χ1) is 10.2. The summed E-state index contributed by atoms with van der Waals surface area (Å²) in [5.41, 5.74) is -1.48. The van der Waals surface area contributed by atoms with Crippen LogP contribution in [0.2, 0.25) is 0 Å². The van der Waals surface area contributed by atoms with Gasteiger partial charge in [0, 0.05) is 10.5 Å². The van der Waals surface area contributed by atoms with Crippen molar-refractivity contribution in [3.8, 4) is 0 Å². The average Bonchev–Trinajstić information content (AvgIpc) is 2.42. The number of alkyl halides is 3. The molecule has 8 heteroatoms. The van der Waals surface area contributed by atoms with Crippen LogP contribution in [0.15, 0.2) is 35.2 Å². The van der Waals surface area contributed by atoms with Crippen LogP contribution < -0.4 is 4.72 Å². The van der Waals surface area contributed by atoms with Gasteiger partial charge in [-0.2, -0.15) is 13.2 Å². The molecule has 0 heterocycles. The fourth-order valence-corrected chi connectivity index (χ4v) is 2.38. The topological polar surface area (TPSA) is 12.0 Å². The highest BCUT2D eigenvalue weighted by atomic mass is 32.2. The molecule has 1 N–H and O–H groups in total. The first-order valence-electron chi connectivity index (χ1n) is 5.93. The highest BCUT2D eigenvalue weighted by Gasteiger charge is 2.31. The van der Waals surface area contributed by atoms with Crippen LogP contribution in [0, 0.1) is 24.4 Å². The molecular weight excluding hydrogens is 328 g/mol. The zero-order chi connectivity index (χ0) is 16.5. The summed E-state index contributed by atoms with van der Waals surface area (Å²) in [7, 11) is 0. The standard InChI is InChI=1S/C14H9F6NS/c1-7-11(16)2-3-12(13(7)17)21-22-10-5-8(14(18,19)20)4-9(15)6-10/h2-6,21H,1H3. The largest absolute Gasteiger partial charge is 0.416 e. The summed E-state index contributed by atoms with van der Waals surface area (Å²) in [6.45, 7) is 1.23. The van der Waals surface area contributed by atoms with Gasteiger partial charge in [0.05, 0.1) is 11.3 Å². The second-order valence-electron chi connectivity index (χ2n) is 4.41. The lowest BCUT2D eigenvalue weighted by Gasteiger charge is -2.11. The molecule has 0 aliphatic heterocycles. The molecule has 0 saturated heterocycles. The number of anilines is 1. The monoisotopic (exact) mass is 337 g/mol. The van der Waals surface area contributed by atoms with Crippen molar-refractivity contribution in [2.24, 2.45) is 0 Å². The molecule has 118 valence electrons. The summed E-state index contributed by atoms with van der Waals surface area (Å²) < 4.78 is 80.2. The van der Waals surface area contributed by atoms with E-state index in [2.05, 4.69) is 4.72 Å². The Labute approximate surface area is 126 Å². The normalized spacial score (nSPS) is 11.6. The molecule has 0 aliphatic carbocycles. The van der Waals surface area contributed by atoms with Crippen molar-refractivity contribution < 1.29 is 26.3 Å². The maximum absolute atomic E-state index is 13.7. The predicted octanol–water partition coefficient (Wildman–Crippen LogP) is 5.55. The van der Waals surface area contributed by atoms with Crippen molar-refractivity contribution in [1.82, 2.24) is 0 Å². The van der Waals surface area contributed by atoms with Gasteiger partial charge >= 0.3 is 6.18 Å². The van der Waals surface area contributed by atoms with Crippen LogP contribution in [0.5, 0.6) is 0 Å². The van der Waals surface area contributed by atoms with E-state index in [0.29, 0.717) is 18.0 Å². The molecule has 0 aliphatic rings. The molecule has 0 spiro atoms. The average molecular weight is 337 g/mol. The Bertz CT molecular complexity index is 698. The Hall–Kier alpha value is -1.83. The summed E-state index contributed by atoms with van der Waals surface area (Å²) in [6.07, 6.45) is -4.69. The van der Waals surface area contributed by atoms with Crippen LogP contribution in [-0.2, 0) is 6.18 Å². The van der Waals surface area contributed by atoms with Crippen LogP contribution in [0.3, 0.4) is 0 Å². The molecule has 2 rings (SSSR count). The summed E-state index contributed by atoms with van der Waals surface area (Å²) in [5, 5.41) is 0. The minimum atomic E-state index is -4.69. The Morgan fingerprint density at radius 1 is 1.00 bits per heavy atom. The fraction of sp³-hybridized carbons (Fsp3) is 0.143. The second kappa shape index (κ2) is 6.12. The molecule has 0 aromatic heterocycles. The number of hydrogen-bond donors (Lipinski definition) is 1. The fourth-order valence-electron chi connectivity index (χ4n) is 1.64. The van der Waals surface area contributed by atoms with Crippen LogP contribution in [0.1, 0.15) is 11.1 Å². The molecule has 22 heavy (non-hydrogen) atoms. The number of rotatable bonds is 3.